The van der Waals surface area contributed by atoms with Gasteiger partial charge in [-0.3, -0.25) is 4.31 Å². The van der Waals surface area contributed by atoms with Crippen LogP contribution < -0.4 is 4.31 Å². The number of aryl methyl sites for hydroxylation is 1. The minimum Gasteiger partial charge on any atom is -0.341 e. The molecule has 0 aliphatic carbocycles. The normalized spacial score (nSPS) is 16.0. The molecule has 1 fully saturated rings. The van der Waals surface area contributed by atoms with Crippen molar-refractivity contribution < 1.29 is 16.8 Å². The Labute approximate surface area is 263 Å². The number of hydrogen-bond acceptors (Lipinski definition) is 5. The molecule has 1 saturated heterocycles. The fraction of sp³-hybridized carbons (Fsp3) is 0.242. The van der Waals surface area contributed by atoms with Crippen LogP contribution in [-0.2, 0) is 26.5 Å². The smallest absolute Gasteiger partial charge is 0.264 e. The number of sulfonamides is 2. The molecule has 0 saturated carbocycles. The first kappa shape index (κ1) is 30.3. The number of hydrogen-bond donors (Lipinski definition) is 1. The molecule has 0 radical (unpaired) electrons. The van der Waals surface area contributed by atoms with E-state index in [1.165, 1.54) is 26.3 Å². The summed E-state index contributed by atoms with van der Waals surface area (Å²) in [6.07, 6.45) is 3.69. The van der Waals surface area contributed by atoms with E-state index in [4.69, 9.17) is 16.6 Å². The molecule has 1 aromatic heterocycles. The van der Waals surface area contributed by atoms with Crippen molar-refractivity contribution in [3.05, 3.63) is 120 Å². The van der Waals surface area contributed by atoms with Crippen LogP contribution >= 0.6 is 11.6 Å². The van der Waals surface area contributed by atoms with Gasteiger partial charge in [-0.2, -0.15) is 4.31 Å². The van der Waals surface area contributed by atoms with Crippen LogP contribution in [0.2, 0.25) is 5.02 Å². The number of unbranched alkanes of at least 4 members (excludes halogenated alkanes) is 1. The molecule has 1 aliphatic heterocycles. The molecule has 1 N–H and O–H groups in total. The molecule has 44 heavy (non-hydrogen) atoms. The van der Waals surface area contributed by atoms with Gasteiger partial charge >= 0.3 is 0 Å². The van der Waals surface area contributed by atoms with Gasteiger partial charge in [0.1, 0.15) is 5.82 Å². The maximum absolute atomic E-state index is 13.9. The van der Waals surface area contributed by atoms with E-state index in [0.29, 0.717) is 59.9 Å². The summed E-state index contributed by atoms with van der Waals surface area (Å²) in [5, 5.41) is 0.467. The number of halogens is 1. The van der Waals surface area contributed by atoms with Crippen LogP contribution in [0.5, 0.6) is 0 Å². The van der Waals surface area contributed by atoms with Crippen molar-refractivity contribution in [2.75, 3.05) is 17.4 Å². The molecule has 0 bridgehead atoms. The van der Waals surface area contributed by atoms with Crippen molar-refractivity contribution in [3.8, 4) is 0 Å². The number of aromatic amines is 1. The molecule has 5 aromatic rings. The zero-order chi connectivity index (χ0) is 30.7. The van der Waals surface area contributed by atoms with E-state index in [-0.39, 0.29) is 9.79 Å². The molecule has 2 heterocycles. The van der Waals surface area contributed by atoms with Crippen LogP contribution in [0.3, 0.4) is 0 Å². The molecule has 0 spiro atoms. The summed E-state index contributed by atoms with van der Waals surface area (Å²) in [6.45, 7) is 0.691. The number of imidazole rings is 1. The van der Waals surface area contributed by atoms with Crippen molar-refractivity contribution >= 4 is 48.4 Å². The molecular formula is C33H33ClN4O4S2. The number of benzene rings is 4. The lowest BCUT2D eigenvalue weighted by Crippen LogP contribution is -2.32. The Balaban J connectivity index is 1.28. The van der Waals surface area contributed by atoms with Gasteiger partial charge in [-0.15, -0.1) is 0 Å². The van der Waals surface area contributed by atoms with Crippen LogP contribution in [0.25, 0.3) is 11.0 Å². The zero-order valence-electron chi connectivity index (χ0n) is 24.0. The molecule has 1 aliphatic rings. The first-order chi connectivity index (χ1) is 21.2. The van der Waals surface area contributed by atoms with Gasteiger partial charge < -0.3 is 4.98 Å². The lowest BCUT2D eigenvalue weighted by Gasteiger charge is -2.24. The van der Waals surface area contributed by atoms with Crippen LogP contribution in [-0.4, -0.2) is 44.2 Å². The van der Waals surface area contributed by atoms with Crippen molar-refractivity contribution in [2.45, 2.75) is 47.9 Å². The van der Waals surface area contributed by atoms with Gasteiger partial charge in [0.05, 0.1) is 32.6 Å². The summed E-state index contributed by atoms with van der Waals surface area (Å²) in [6, 6.07) is 29.6. The van der Waals surface area contributed by atoms with E-state index < -0.39 is 26.1 Å². The topological polar surface area (TPSA) is 103 Å². The monoisotopic (exact) mass is 648 g/mol. The third-order valence-corrected chi connectivity index (χ3v) is 12.0. The van der Waals surface area contributed by atoms with Crippen LogP contribution in [0.4, 0.5) is 5.69 Å². The van der Waals surface area contributed by atoms with Crippen molar-refractivity contribution in [2.24, 2.45) is 0 Å². The lowest BCUT2D eigenvalue weighted by molar-refractivity contribution is 0.385. The standard InChI is InChI=1S/C33H33ClN4O4S2/c34-26-16-19-29(20-17-26)44(41,42)38-23-9-15-32(38)33-35-30-21-18-27(24-31(30)36-33)37(43(39,40)28-13-5-2-6-14-28)22-8-7-12-25-10-3-1-4-11-25/h1-6,10-11,13-14,16-21,24,32H,7-9,12,15,22-23H2,(H,35,36). The maximum Gasteiger partial charge on any atom is 0.264 e. The molecule has 0 amide bonds. The Morgan fingerprint density at radius 1 is 0.841 bits per heavy atom. The summed E-state index contributed by atoms with van der Waals surface area (Å²) < 4.78 is 57.7. The van der Waals surface area contributed by atoms with Gasteiger partial charge in [-0.25, -0.2) is 21.8 Å². The molecule has 1 unspecified atom stereocenters. The fourth-order valence-electron chi connectivity index (χ4n) is 5.71. The third kappa shape index (κ3) is 6.25. The Morgan fingerprint density at radius 2 is 1.55 bits per heavy atom. The Hall–Kier alpha value is -3.70. The number of nitrogens with zero attached hydrogens (tertiary/aromatic N) is 3. The molecule has 228 valence electrons. The Bertz CT molecular complexity index is 1950. The second-order valence-corrected chi connectivity index (χ2v) is 15.1. The van der Waals surface area contributed by atoms with E-state index in [1.807, 2.05) is 18.2 Å². The minimum atomic E-state index is -3.84. The summed E-state index contributed by atoms with van der Waals surface area (Å²) in [4.78, 5) is 8.47. The lowest BCUT2D eigenvalue weighted by atomic mass is 10.1. The summed E-state index contributed by atoms with van der Waals surface area (Å²) in [5.74, 6) is 0.535. The average Bonchev–Trinajstić information content (AvgIpc) is 3.70. The van der Waals surface area contributed by atoms with E-state index in [2.05, 4.69) is 17.1 Å². The average molecular weight is 649 g/mol. The number of nitrogens with one attached hydrogen (secondary N) is 1. The van der Waals surface area contributed by atoms with Crippen molar-refractivity contribution in [1.82, 2.24) is 14.3 Å². The molecule has 6 rings (SSSR count). The predicted octanol–water partition coefficient (Wildman–Crippen LogP) is 6.96. The highest BCUT2D eigenvalue weighted by Gasteiger charge is 2.38. The summed E-state index contributed by atoms with van der Waals surface area (Å²) in [7, 11) is -7.60. The number of fused-ring (bicyclic) bond motifs is 1. The van der Waals surface area contributed by atoms with E-state index in [0.717, 1.165) is 12.8 Å². The van der Waals surface area contributed by atoms with Crippen LogP contribution in [0, 0.1) is 0 Å². The third-order valence-electron chi connectivity index (χ3n) is 7.96. The zero-order valence-corrected chi connectivity index (χ0v) is 26.4. The molecule has 1 atom stereocenters. The second-order valence-electron chi connectivity index (χ2n) is 10.9. The highest BCUT2D eigenvalue weighted by molar-refractivity contribution is 7.92. The minimum absolute atomic E-state index is 0.182. The highest BCUT2D eigenvalue weighted by Crippen LogP contribution is 2.37. The Kier molecular flexibility index (Phi) is 8.77. The van der Waals surface area contributed by atoms with Crippen molar-refractivity contribution in [3.63, 3.8) is 0 Å². The highest BCUT2D eigenvalue weighted by atomic mass is 35.5. The van der Waals surface area contributed by atoms with E-state index >= 15 is 0 Å². The quantitative estimate of drug-likeness (QED) is 0.156. The van der Waals surface area contributed by atoms with Crippen molar-refractivity contribution in [1.29, 1.82) is 0 Å². The number of anilines is 1. The van der Waals surface area contributed by atoms with Gasteiger partial charge in [0.2, 0.25) is 10.0 Å². The fourth-order valence-corrected chi connectivity index (χ4v) is 9.01. The summed E-state index contributed by atoms with van der Waals surface area (Å²) in [5.41, 5.74) is 3.02. The number of H-pyrrole nitrogens is 1. The van der Waals surface area contributed by atoms with Gasteiger partial charge in [-0.05, 0) is 92.3 Å². The van der Waals surface area contributed by atoms with Gasteiger partial charge in [0, 0.05) is 18.1 Å². The first-order valence-electron chi connectivity index (χ1n) is 14.6. The molecule has 8 nitrogen and oxygen atoms in total. The van der Waals surface area contributed by atoms with Crippen LogP contribution in [0.1, 0.15) is 43.1 Å². The summed E-state index contributed by atoms with van der Waals surface area (Å²) >= 11 is 5.99. The number of rotatable bonds is 11. The van der Waals surface area contributed by atoms with E-state index in [1.54, 1.807) is 60.7 Å². The maximum atomic E-state index is 13.9. The van der Waals surface area contributed by atoms with Gasteiger partial charge in [0.25, 0.3) is 10.0 Å². The molecule has 11 heteroatoms. The van der Waals surface area contributed by atoms with Crippen LogP contribution in [0.15, 0.2) is 113 Å². The SMILES string of the molecule is O=S(=O)(c1ccccc1)N(CCCCc1ccccc1)c1ccc2nc(C3CCCN3S(=O)(=O)c3ccc(Cl)cc3)[nH]c2c1. The molecular weight excluding hydrogens is 616 g/mol. The Morgan fingerprint density at radius 3 is 2.27 bits per heavy atom. The predicted molar refractivity (Wildman–Crippen MR) is 174 cm³/mol. The molecule has 4 aromatic carbocycles. The first-order valence-corrected chi connectivity index (χ1v) is 17.9. The second kappa shape index (κ2) is 12.7. The van der Waals surface area contributed by atoms with Gasteiger partial charge in [-0.1, -0.05) is 60.1 Å². The number of aromatic nitrogens is 2. The van der Waals surface area contributed by atoms with E-state index in [9.17, 15) is 16.8 Å². The largest absolute Gasteiger partial charge is 0.341 e. The van der Waals surface area contributed by atoms with Gasteiger partial charge in [0.15, 0.2) is 0 Å².